The van der Waals surface area contributed by atoms with Gasteiger partial charge in [0.1, 0.15) is 0 Å². The van der Waals surface area contributed by atoms with E-state index in [9.17, 15) is 18.9 Å². The topological polar surface area (TPSA) is 63.4 Å². The van der Waals surface area contributed by atoms with Crippen LogP contribution in [0.2, 0.25) is 0 Å². The van der Waals surface area contributed by atoms with E-state index < -0.39 is 17.1 Å². The summed E-state index contributed by atoms with van der Waals surface area (Å²) in [5, 5.41) is 19.1. The third-order valence-corrected chi connectivity index (χ3v) is 1.97. The summed E-state index contributed by atoms with van der Waals surface area (Å²) in [4.78, 5) is 8.20. The molecule has 1 unspecified atom stereocenters. The molecule has 0 bridgehead atoms. The first-order valence-electron chi connectivity index (χ1n) is 4.12. The van der Waals surface area contributed by atoms with Gasteiger partial charge in [0.2, 0.25) is 6.10 Å². The Labute approximate surface area is 84.3 Å². The van der Waals surface area contributed by atoms with Gasteiger partial charge in [0, 0.05) is 0 Å². The quantitative estimate of drug-likeness (QED) is 0.477. The summed E-state index contributed by atoms with van der Waals surface area (Å²) in [6, 6.07) is 1.09. The first-order chi connectivity index (χ1) is 6.85. The van der Waals surface area contributed by atoms with E-state index in [0.29, 0.717) is 0 Å². The molecular formula is C9H9F2NO3. The smallest absolute Gasteiger partial charge is 0.376 e. The molecule has 0 radical (unpaired) electrons. The molecule has 82 valence electrons. The number of benzene rings is 1. The van der Waals surface area contributed by atoms with Gasteiger partial charge in [-0.25, -0.2) is 0 Å². The summed E-state index contributed by atoms with van der Waals surface area (Å²) >= 11 is 0. The Balaban J connectivity index is 2.99. The maximum atomic E-state index is 12.8. The van der Waals surface area contributed by atoms with Crippen LogP contribution in [0, 0.1) is 17.0 Å². The average molecular weight is 217 g/mol. The Morgan fingerprint density at radius 1 is 1.40 bits per heavy atom. The fourth-order valence-electron chi connectivity index (χ4n) is 1.05. The Bertz CT molecular complexity index is 364. The maximum Gasteiger partial charge on any atom is 0.541 e. The van der Waals surface area contributed by atoms with Crippen molar-refractivity contribution >= 4 is 0 Å². The molecule has 0 aliphatic rings. The molecule has 4 nitrogen and oxygen atoms in total. The van der Waals surface area contributed by atoms with E-state index in [0.717, 1.165) is 5.56 Å². The van der Waals surface area contributed by atoms with Gasteiger partial charge >= 0.3 is 6.05 Å². The highest BCUT2D eigenvalue weighted by molar-refractivity contribution is 5.23. The Hall–Kier alpha value is -1.56. The highest BCUT2D eigenvalue weighted by Gasteiger charge is 2.53. The first-order valence-corrected chi connectivity index (χ1v) is 4.12. The predicted molar refractivity (Wildman–Crippen MR) is 48.1 cm³/mol. The fourth-order valence-corrected chi connectivity index (χ4v) is 1.05. The zero-order chi connectivity index (χ0) is 11.6. The lowest BCUT2D eigenvalue weighted by Gasteiger charge is -2.14. The van der Waals surface area contributed by atoms with E-state index in [-0.39, 0.29) is 5.56 Å². The summed E-state index contributed by atoms with van der Waals surface area (Å²) < 4.78 is 25.6. The first kappa shape index (κ1) is 11.5. The molecule has 1 aromatic carbocycles. The van der Waals surface area contributed by atoms with Gasteiger partial charge in [-0.05, 0) is 12.5 Å². The summed E-state index contributed by atoms with van der Waals surface area (Å²) in [5.41, 5.74) is 0.637. The SMILES string of the molecule is Cc1ccc(C(O)C(F)(F)[N+](=O)[O-])cc1. The van der Waals surface area contributed by atoms with Gasteiger partial charge in [0.05, 0.1) is 4.92 Å². The molecule has 0 saturated heterocycles. The van der Waals surface area contributed by atoms with Crippen LogP contribution in [0.15, 0.2) is 24.3 Å². The summed E-state index contributed by atoms with van der Waals surface area (Å²) in [7, 11) is 0. The van der Waals surface area contributed by atoms with Crippen molar-refractivity contribution in [2.24, 2.45) is 0 Å². The number of hydrogen-bond donors (Lipinski definition) is 1. The molecule has 1 atom stereocenters. The number of halogens is 2. The molecule has 0 aromatic heterocycles. The van der Waals surface area contributed by atoms with Gasteiger partial charge in [0.25, 0.3) is 0 Å². The molecule has 0 aliphatic heterocycles. The zero-order valence-corrected chi connectivity index (χ0v) is 7.85. The minimum atomic E-state index is -4.37. The molecule has 0 spiro atoms. The molecule has 0 amide bonds. The minimum absolute atomic E-state index is 0.178. The minimum Gasteiger partial charge on any atom is -0.376 e. The van der Waals surface area contributed by atoms with Crippen LogP contribution in [-0.4, -0.2) is 16.1 Å². The standard InChI is InChI=1S/C9H9F2NO3/c1-6-2-4-7(5-3-6)8(13)9(10,11)12(14)15/h2-5,8,13H,1H3. The fraction of sp³-hybridized carbons (Fsp3) is 0.333. The van der Waals surface area contributed by atoms with Crippen molar-refractivity contribution in [1.29, 1.82) is 0 Å². The van der Waals surface area contributed by atoms with Crippen molar-refractivity contribution in [2.75, 3.05) is 0 Å². The van der Waals surface area contributed by atoms with E-state index in [1.807, 2.05) is 0 Å². The second-order valence-corrected chi connectivity index (χ2v) is 3.16. The largest absolute Gasteiger partial charge is 0.541 e. The second-order valence-electron chi connectivity index (χ2n) is 3.16. The average Bonchev–Trinajstić information content (AvgIpc) is 2.17. The van der Waals surface area contributed by atoms with Crippen LogP contribution >= 0.6 is 0 Å². The van der Waals surface area contributed by atoms with Crippen LogP contribution in [0.25, 0.3) is 0 Å². The van der Waals surface area contributed by atoms with E-state index in [2.05, 4.69) is 0 Å². The molecule has 0 fully saturated rings. The monoisotopic (exact) mass is 217 g/mol. The second kappa shape index (κ2) is 3.90. The third-order valence-electron chi connectivity index (χ3n) is 1.97. The van der Waals surface area contributed by atoms with Crippen molar-refractivity contribution < 1.29 is 18.8 Å². The number of aliphatic hydroxyl groups excluding tert-OH is 1. The summed E-state index contributed by atoms with van der Waals surface area (Å²) in [6.07, 6.45) is -2.42. The van der Waals surface area contributed by atoms with Crippen LogP contribution in [0.4, 0.5) is 8.78 Å². The van der Waals surface area contributed by atoms with E-state index in [4.69, 9.17) is 5.11 Å². The number of nitro groups is 1. The number of aryl methyl sites for hydroxylation is 1. The van der Waals surface area contributed by atoms with Crippen molar-refractivity contribution in [3.8, 4) is 0 Å². The van der Waals surface area contributed by atoms with Crippen molar-refractivity contribution in [3.05, 3.63) is 45.5 Å². The molecular weight excluding hydrogens is 208 g/mol. The molecule has 0 aliphatic carbocycles. The number of hydrogen-bond acceptors (Lipinski definition) is 3. The molecule has 1 rings (SSSR count). The number of alkyl halides is 2. The molecule has 1 N–H and O–H groups in total. The van der Waals surface area contributed by atoms with Crippen molar-refractivity contribution in [2.45, 2.75) is 19.1 Å². The van der Waals surface area contributed by atoms with Gasteiger partial charge in [-0.15, -0.1) is 8.78 Å². The normalized spacial score (nSPS) is 13.6. The molecule has 15 heavy (non-hydrogen) atoms. The molecule has 0 saturated carbocycles. The van der Waals surface area contributed by atoms with Crippen molar-refractivity contribution in [1.82, 2.24) is 0 Å². The molecule has 0 heterocycles. The van der Waals surface area contributed by atoms with Gasteiger partial charge in [-0.1, -0.05) is 29.8 Å². The van der Waals surface area contributed by atoms with Gasteiger partial charge in [0.15, 0.2) is 0 Å². The number of aliphatic hydroxyl groups is 1. The highest BCUT2D eigenvalue weighted by Crippen LogP contribution is 2.31. The van der Waals surface area contributed by atoms with Crippen LogP contribution in [0.3, 0.4) is 0 Å². The maximum absolute atomic E-state index is 12.8. The van der Waals surface area contributed by atoms with Crippen molar-refractivity contribution in [3.63, 3.8) is 0 Å². The predicted octanol–water partition coefficient (Wildman–Crippen LogP) is 1.90. The Morgan fingerprint density at radius 3 is 2.27 bits per heavy atom. The zero-order valence-electron chi connectivity index (χ0n) is 7.85. The lowest BCUT2D eigenvalue weighted by molar-refractivity contribution is -0.659. The number of nitrogens with zero attached hydrogens (tertiary/aromatic N) is 1. The number of rotatable bonds is 3. The molecule has 6 heteroatoms. The van der Waals surface area contributed by atoms with Gasteiger partial charge < -0.3 is 5.11 Å². The lowest BCUT2D eigenvalue weighted by Crippen LogP contribution is -2.35. The highest BCUT2D eigenvalue weighted by atomic mass is 19.3. The third kappa shape index (κ3) is 2.27. The Morgan fingerprint density at radius 2 is 1.87 bits per heavy atom. The van der Waals surface area contributed by atoms with E-state index in [1.165, 1.54) is 24.3 Å². The van der Waals surface area contributed by atoms with Gasteiger partial charge in [-0.2, -0.15) is 0 Å². The Kier molecular flexibility index (Phi) is 2.99. The van der Waals surface area contributed by atoms with Crippen LogP contribution in [-0.2, 0) is 0 Å². The summed E-state index contributed by atoms with van der Waals surface area (Å²) in [5.74, 6) is 0. The van der Waals surface area contributed by atoms with Gasteiger partial charge in [-0.3, -0.25) is 10.1 Å². The van der Waals surface area contributed by atoms with E-state index in [1.54, 1.807) is 6.92 Å². The molecule has 1 aromatic rings. The van der Waals surface area contributed by atoms with Crippen LogP contribution in [0.1, 0.15) is 17.2 Å². The van der Waals surface area contributed by atoms with E-state index >= 15 is 0 Å². The lowest BCUT2D eigenvalue weighted by atomic mass is 10.1. The summed E-state index contributed by atoms with van der Waals surface area (Å²) in [6.45, 7) is 1.74. The van der Waals surface area contributed by atoms with Crippen LogP contribution in [0.5, 0.6) is 0 Å². The van der Waals surface area contributed by atoms with Crippen LogP contribution < -0.4 is 0 Å².